The minimum atomic E-state index is 0.252. The summed E-state index contributed by atoms with van der Waals surface area (Å²) in [5, 5.41) is 7.35. The highest BCUT2D eigenvalue weighted by molar-refractivity contribution is 8.03. The van der Waals surface area contributed by atoms with Crippen LogP contribution in [0.5, 0.6) is 0 Å². The molecule has 1 atom stereocenters. The predicted octanol–water partition coefficient (Wildman–Crippen LogP) is 2.44. The average molecular weight is 358 g/mol. The van der Waals surface area contributed by atoms with E-state index >= 15 is 0 Å². The van der Waals surface area contributed by atoms with Gasteiger partial charge in [-0.2, -0.15) is 4.98 Å². The third-order valence-corrected chi connectivity index (χ3v) is 5.47. The highest BCUT2D eigenvalue weighted by Crippen LogP contribution is 2.28. The van der Waals surface area contributed by atoms with Gasteiger partial charge < -0.3 is 14.7 Å². The molecule has 0 bridgehead atoms. The molecule has 4 heterocycles. The fraction of sp³-hybridized carbons (Fsp3) is 0.529. The second-order valence-electron chi connectivity index (χ2n) is 6.30. The van der Waals surface area contributed by atoms with Gasteiger partial charge in [-0.25, -0.2) is 9.97 Å². The summed E-state index contributed by atoms with van der Waals surface area (Å²) in [5.74, 6) is 3.53. The highest BCUT2D eigenvalue weighted by atomic mass is 32.2. The zero-order valence-corrected chi connectivity index (χ0v) is 15.1. The van der Waals surface area contributed by atoms with E-state index in [4.69, 9.17) is 9.51 Å². The number of hydrogen-bond donors (Lipinski definition) is 1. The van der Waals surface area contributed by atoms with E-state index in [1.54, 1.807) is 0 Å². The number of anilines is 1. The first kappa shape index (κ1) is 16.5. The van der Waals surface area contributed by atoms with E-state index in [9.17, 15) is 0 Å². The van der Waals surface area contributed by atoms with Crippen molar-refractivity contribution >= 4 is 23.8 Å². The Morgan fingerprint density at radius 3 is 3.20 bits per heavy atom. The van der Waals surface area contributed by atoms with Crippen LogP contribution in [0.1, 0.15) is 43.1 Å². The number of rotatable bonds is 4. The molecular weight excluding hydrogens is 336 g/mol. The number of nitrogens with zero attached hydrogens (tertiary/aromatic N) is 5. The monoisotopic (exact) mass is 358 g/mol. The Morgan fingerprint density at radius 1 is 1.44 bits per heavy atom. The molecule has 4 rings (SSSR count). The van der Waals surface area contributed by atoms with Gasteiger partial charge in [0.15, 0.2) is 5.82 Å². The van der Waals surface area contributed by atoms with Crippen LogP contribution < -0.4 is 10.2 Å². The molecule has 1 unspecified atom stereocenters. The van der Waals surface area contributed by atoms with Crippen LogP contribution in [0.3, 0.4) is 0 Å². The smallest absolute Gasteiger partial charge is 0.231 e. The van der Waals surface area contributed by atoms with Crippen molar-refractivity contribution in [3.63, 3.8) is 0 Å². The molecule has 2 fully saturated rings. The zero-order chi connectivity index (χ0) is 17.1. The number of thioether (sulfide) groups is 1. The summed E-state index contributed by atoms with van der Waals surface area (Å²) in [5.41, 5.74) is 0.962. The molecule has 7 nitrogen and oxygen atoms in total. The van der Waals surface area contributed by atoms with Gasteiger partial charge in [-0.1, -0.05) is 12.1 Å². The summed E-state index contributed by atoms with van der Waals surface area (Å²) >= 11 is 1.83. The van der Waals surface area contributed by atoms with Crippen molar-refractivity contribution in [3.05, 3.63) is 34.6 Å². The minimum absolute atomic E-state index is 0.252. The van der Waals surface area contributed by atoms with Gasteiger partial charge in [0.2, 0.25) is 11.8 Å². The van der Waals surface area contributed by atoms with Gasteiger partial charge in [0, 0.05) is 43.0 Å². The van der Waals surface area contributed by atoms with E-state index in [-0.39, 0.29) is 5.92 Å². The standard InChI is InChI=1S/C17H22N6OS/c1-2-15-21-16(24-22-15)12-4-3-7-23(10-12)17-19-6-5-13(20-17)8-14-9-18-11-25-14/h5-6,8,12,18H,2-4,7,9-11H2,1H3/b14-8-. The van der Waals surface area contributed by atoms with Gasteiger partial charge in [0.05, 0.1) is 11.6 Å². The first-order valence-corrected chi connectivity index (χ1v) is 9.75. The second kappa shape index (κ2) is 7.53. The van der Waals surface area contributed by atoms with Gasteiger partial charge in [0.25, 0.3) is 0 Å². The lowest BCUT2D eigenvalue weighted by molar-refractivity contribution is 0.330. The SMILES string of the molecule is CCc1noc(C2CCCN(c3nccc(/C=C4/CNCS4)n3)C2)n1. The molecule has 8 heteroatoms. The first-order chi connectivity index (χ1) is 12.3. The van der Waals surface area contributed by atoms with Crippen LogP contribution in [0.2, 0.25) is 0 Å². The third-order valence-electron chi connectivity index (χ3n) is 4.49. The van der Waals surface area contributed by atoms with Gasteiger partial charge in [-0.15, -0.1) is 11.8 Å². The van der Waals surface area contributed by atoms with Gasteiger partial charge >= 0.3 is 0 Å². The minimum Gasteiger partial charge on any atom is -0.340 e. The van der Waals surface area contributed by atoms with Crippen LogP contribution in [0.25, 0.3) is 6.08 Å². The molecule has 2 saturated heterocycles. The highest BCUT2D eigenvalue weighted by Gasteiger charge is 2.27. The molecule has 0 aliphatic carbocycles. The van der Waals surface area contributed by atoms with Crippen molar-refractivity contribution in [2.24, 2.45) is 0 Å². The number of piperidine rings is 1. The molecular formula is C17H22N6OS. The van der Waals surface area contributed by atoms with Crippen molar-refractivity contribution in [2.75, 3.05) is 30.4 Å². The second-order valence-corrected chi connectivity index (χ2v) is 7.40. The maximum atomic E-state index is 5.44. The zero-order valence-electron chi connectivity index (χ0n) is 14.3. The van der Waals surface area contributed by atoms with E-state index < -0.39 is 0 Å². The Kier molecular flexibility index (Phi) is 4.98. The number of nitrogens with one attached hydrogen (secondary N) is 1. The average Bonchev–Trinajstić information content (AvgIpc) is 3.34. The number of aryl methyl sites for hydroxylation is 1. The van der Waals surface area contributed by atoms with Crippen molar-refractivity contribution in [2.45, 2.75) is 32.1 Å². The van der Waals surface area contributed by atoms with E-state index in [2.05, 4.69) is 31.4 Å². The molecule has 0 saturated carbocycles. The third kappa shape index (κ3) is 3.85. The lowest BCUT2D eigenvalue weighted by Crippen LogP contribution is -2.35. The summed E-state index contributed by atoms with van der Waals surface area (Å²) in [6.07, 6.45) is 6.92. The fourth-order valence-electron chi connectivity index (χ4n) is 3.16. The maximum absolute atomic E-state index is 5.44. The lowest BCUT2D eigenvalue weighted by atomic mass is 9.98. The van der Waals surface area contributed by atoms with Crippen LogP contribution in [0.15, 0.2) is 21.7 Å². The molecule has 25 heavy (non-hydrogen) atoms. The number of aromatic nitrogens is 4. The van der Waals surface area contributed by atoms with Crippen LogP contribution >= 0.6 is 11.8 Å². The molecule has 2 aliphatic heterocycles. The van der Waals surface area contributed by atoms with Gasteiger partial charge in [0.1, 0.15) is 0 Å². The Balaban J connectivity index is 1.50. The van der Waals surface area contributed by atoms with E-state index in [1.807, 2.05) is 30.9 Å². The Hall–Kier alpha value is -1.93. The number of hydrogen-bond acceptors (Lipinski definition) is 8. The van der Waals surface area contributed by atoms with E-state index in [1.165, 1.54) is 4.91 Å². The summed E-state index contributed by atoms with van der Waals surface area (Å²) in [6, 6.07) is 1.96. The predicted molar refractivity (Wildman–Crippen MR) is 98.3 cm³/mol. The molecule has 132 valence electrons. The molecule has 0 aromatic carbocycles. The van der Waals surface area contributed by atoms with Crippen molar-refractivity contribution in [3.8, 4) is 0 Å². The summed E-state index contributed by atoms with van der Waals surface area (Å²) in [6.45, 7) is 4.74. The lowest BCUT2D eigenvalue weighted by Gasteiger charge is -2.31. The molecule has 0 amide bonds. The first-order valence-electron chi connectivity index (χ1n) is 8.76. The Bertz CT molecular complexity index is 753. The summed E-state index contributed by atoms with van der Waals surface area (Å²) in [4.78, 5) is 17.3. The molecule has 2 aromatic rings. The van der Waals surface area contributed by atoms with Crippen LogP contribution in [0.4, 0.5) is 5.95 Å². The van der Waals surface area contributed by atoms with E-state index in [0.717, 1.165) is 68.1 Å². The molecule has 2 aliphatic rings. The Morgan fingerprint density at radius 2 is 2.40 bits per heavy atom. The van der Waals surface area contributed by atoms with Crippen LogP contribution in [-0.4, -0.2) is 45.6 Å². The van der Waals surface area contributed by atoms with Crippen LogP contribution in [-0.2, 0) is 6.42 Å². The molecule has 0 radical (unpaired) electrons. The largest absolute Gasteiger partial charge is 0.340 e. The summed E-state index contributed by atoms with van der Waals surface area (Å²) in [7, 11) is 0. The van der Waals surface area contributed by atoms with Crippen molar-refractivity contribution < 1.29 is 4.52 Å². The molecule has 2 aromatic heterocycles. The van der Waals surface area contributed by atoms with Gasteiger partial charge in [-0.05, 0) is 25.0 Å². The summed E-state index contributed by atoms with van der Waals surface area (Å²) < 4.78 is 5.44. The van der Waals surface area contributed by atoms with Crippen molar-refractivity contribution in [1.82, 2.24) is 25.4 Å². The molecule has 1 N–H and O–H groups in total. The Labute approximate surface area is 151 Å². The van der Waals surface area contributed by atoms with Crippen molar-refractivity contribution in [1.29, 1.82) is 0 Å². The van der Waals surface area contributed by atoms with Crippen LogP contribution in [0, 0.1) is 0 Å². The fourth-order valence-corrected chi connectivity index (χ4v) is 3.96. The van der Waals surface area contributed by atoms with Gasteiger partial charge in [-0.3, -0.25) is 0 Å². The maximum Gasteiger partial charge on any atom is 0.231 e. The molecule has 0 spiro atoms. The topological polar surface area (TPSA) is 80.0 Å². The normalized spacial score (nSPS) is 22.7. The quantitative estimate of drug-likeness (QED) is 0.893. The van der Waals surface area contributed by atoms with E-state index in [0.29, 0.717) is 0 Å².